The van der Waals surface area contributed by atoms with Gasteiger partial charge in [-0.05, 0) is 6.92 Å². The summed E-state index contributed by atoms with van der Waals surface area (Å²) in [6.45, 7) is 0.542. The van der Waals surface area contributed by atoms with Gasteiger partial charge in [-0.1, -0.05) is 0 Å². The van der Waals surface area contributed by atoms with Gasteiger partial charge in [-0.2, -0.15) is 0 Å². The summed E-state index contributed by atoms with van der Waals surface area (Å²) in [6, 6.07) is 0. The third kappa shape index (κ3) is 1.70. The first-order valence-electron chi connectivity index (χ1n) is 5.36. The van der Waals surface area contributed by atoms with Gasteiger partial charge in [0.2, 0.25) is 5.72 Å². The maximum absolute atomic E-state index is 11.7. The molecule has 2 rings (SSSR count). The highest BCUT2D eigenvalue weighted by Crippen LogP contribution is 2.29. The Hall–Kier alpha value is -1.48. The molecule has 0 unspecified atom stereocenters. The van der Waals surface area contributed by atoms with Crippen LogP contribution in [-0.2, 0) is 10.5 Å². The van der Waals surface area contributed by atoms with E-state index in [1.807, 2.05) is 4.98 Å². The summed E-state index contributed by atoms with van der Waals surface area (Å²) in [5, 5.41) is 28.7. The lowest BCUT2D eigenvalue weighted by atomic mass is 10.1. The van der Waals surface area contributed by atoms with Crippen molar-refractivity contribution in [3.8, 4) is 0 Å². The molecule has 0 spiro atoms. The fraction of sp³-hybridized carbons (Fsp3) is 0.600. The number of hydrogen-bond acceptors (Lipinski definition) is 6. The molecule has 8 heteroatoms. The zero-order valence-corrected chi connectivity index (χ0v) is 9.66. The van der Waals surface area contributed by atoms with E-state index in [1.54, 1.807) is 0 Å². The molecule has 0 radical (unpaired) electrons. The number of nitrogens with one attached hydrogen (secondary N) is 1. The fourth-order valence-electron chi connectivity index (χ4n) is 1.98. The minimum atomic E-state index is -1.77. The zero-order chi connectivity index (χ0) is 13.5. The average Bonchev–Trinajstić information content (AvgIpc) is 2.62. The molecular weight excluding hydrogens is 244 g/mol. The van der Waals surface area contributed by atoms with Gasteiger partial charge in [0, 0.05) is 11.8 Å². The number of aromatic nitrogens is 2. The van der Waals surface area contributed by atoms with Gasteiger partial charge in [0.25, 0.3) is 5.56 Å². The Balaban J connectivity index is 2.63. The van der Waals surface area contributed by atoms with Gasteiger partial charge >= 0.3 is 5.69 Å². The van der Waals surface area contributed by atoms with Crippen molar-refractivity contribution in [1.29, 1.82) is 0 Å². The van der Waals surface area contributed by atoms with E-state index in [2.05, 4.69) is 0 Å². The molecule has 1 saturated heterocycles. The monoisotopic (exact) mass is 258 g/mol. The van der Waals surface area contributed by atoms with E-state index in [1.165, 1.54) is 13.1 Å². The molecule has 1 fully saturated rings. The largest absolute Gasteiger partial charge is 0.391 e. The van der Waals surface area contributed by atoms with Crippen molar-refractivity contribution in [1.82, 2.24) is 9.55 Å². The third-order valence-electron chi connectivity index (χ3n) is 3.09. The number of nitrogens with zero attached hydrogens (tertiary/aromatic N) is 1. The summed E-state index contributed by atoms with van der Waals surface area (Å²) in [7, 11) is 0. The van der Waals surface area contributed by atoms with Crippen LogP contribution in [0.3, 0.4) is 0 Å². The highest BCUT2D eigenvalue weighted by molar-refractivity contribution is 5.05. The van der Waals surface area contributed by atoms with E-state index in [0.29, 0.717) is 0 Å². The van der Waals surface area contributed by atoms with Crippen LogP contribution in [0.5, 0.6) is 0 Å². The topological polar surface area (TPSA) is 125 Å². The zero-order valence-electron chi connectivity index (χ0n) is 9.66. The molecule has 1 aliphatic heterocycles. The molecule has 0 aliphatic carbocycles. The first-order chi connectivity index (χ1) is 8.42. The second-order valence-corrected chi connectivity index (χ2v) is 4.27. The number of rotatable bonds is 2. The van der Waals surface area contributed by atoms with Crippen molar-refractivity contribution in [2.24, 2.45) is 0 Å². The van der Waals surface area contributed by atoms with Crippen molar-refractivity contribution in [2.75, 3.05) is 13.2 Å². The maximum atomic E-state index is 11.7. The molecule has 1 aromatic rings. The first kappa shape index (κ1) is 13.0. The van der Waals surface area contributed by atoms with Gasteiger partial charge < -0.3 is 20.1 Å². The van der Waals surface area contributed by atoms with Crippen LogP contribution in [0.2, 0.25) is 0 Å². The molecule has 0 aromatic carbocycles. The lowest BCUT2D eigenvalue weighted by Crippen LogP contribution is -2.54. The SMILES string of the molecule is Cc1cn([C@@]2(CO)OC[C@H](O)[C@@H]2O)c(=O)[nH]c1=O. The molecule has 18 heavy (non-hydrogen) atoms. The van der Waals surface area contributed by atoms with Crippen LogP contribution in [0.25, 0.3) is 0 Å². The normalized spacial score (nSPS) is 31.8. The number of ether oxygens (including phenoxy) is 1. The third-order valence-corrected chi connectivity index (χ3v) is 3.09. The molecule has 0 amide bonds. The van der Waals surface area contributed by atoms with Gasteiger partial charge in [0.15, 0.2) is 0 Å². The number of aryl methyl sites for hydroxylation is 1. The lowest BCUT2D eigenvalue weighted by Gasteiger charge is -2.31. The Morgan fingerprint density at radius 2 is 2.22 bits per heavy atom. The van der Waals surface area contributed by atoms with Crippen molar-refractivity contribution < 1.29 is 20.1 Å². The van der Waals surface area contributed by atoms with Gasteiger partial charge in [0.05, 0.1) is 13.2 Å². The molecule has 8 nitrogen and oxygen atoms in total. The summed E-state index contributed by atoms with van der Waals surface area (Å²) >= 11 is 0. The van der Waals surface area contributed by atoms with E-state index in [0.717, 1.165) is 4.57 Å². The molecular formula is C10H14N2O6. The Kier molecular flexibility index (Phi) is 3.11. The van der Waals surface area contributed by atoms with Crippen molar-refractivity contribution in [3.63, 3.8) is 0 Å². The second kappa shape index (κ2) is 4.32. The van der Waals surface area contributed by atoms with Crippen LogP contribution in [0.4, 0.5) is 0 Å². The molecule has 0 bridgehead atoms. The van der Waals surface area contributed by atoms with Crippen LogP contribution in [0, 0.1) is 6.92 Å². The summed E-state index contributed by atoms with van der Waals surface area (Å²) in [4.78, 5) is 25.0. The predicted molar refractivity (Wildman–Crippen MR) is 59.1 cm³/mol. The summed E-state index contributed by atoms with van der Waals surface area (Å²) < 4.78 is 6.06. The predicted octanol–water partition coefficient (Wildman–Crippen LogP) is -2.76. The van der Waals surface area contributed by atoms with Crippen molar-refractivity contribution >= 4 is 0 Å². The van der Waals surface area contributed by atoms with Crippen LogP contribution in [0.15, 0.2) is 15.8 Å². The van der Waals surface area contributed by atoms with Gasteiger partial charge in [-0.25, -0.2) is 4.79 Å². The van der Waals surface area contributed by atoms with Gasteiger partial charge in [0.1, 0.15) is 12.2 Å². The number of hydrogen-bond donors (Lipinski definition) is 4. The quantitative estimate of drug-likeness (QED) is 0.455. The summed E-state index contributed by atoms with van der Waals surface area (Å²) in [5.74, 6) is 0. The highest BCUT2D eigenvalue weighted by Gasteiger charge is 2.51. The molecule has 1 aliphatic rings. The molecule has 4 N–H and O–H groups in total. The average molecular weight is 258 g/mol. The van der Waals surface area contributed by atoms with Gasteiger partial charge in [-0.3, -0.25) is 14.3 Å². The van der Waals surface area contributed by atoms with E-state index in [9.17, 15) is 24.9 Å². The van der Waals surface area contributed by atoms with Crippen molar-refractivity contribution in [2.45, 2.75) is 24.9 Å². The van der Waals surface area contributed by atoms with Crippen LogP contribution in [0.1, 0.15) is 5.56 Å². The molecule has 2 heterocycles. The number of aliphatic hydroxyl groups excluding tert-OH is 3. The Labute approximate surface area is 101 Å². The van der Waals surface area contributed by atoms with E-state index >= 15 is 0 Å². The van der Waals surface area contributed by atoms with E-state index in [4.69, 9.17) is 4.74 Å². The molecule has 1 aromatic heterocycles. The van der Waals surface area contributed by atoms with Crippen LogP contribution in [-0.4, -0.2) is 50.3 Å². The van der Waals surface area contributed by atoms with Crippen LogP contribution < -0.4 is 11.2 Å². The molecule has 100 valence electrons. The minimum Gasteiger partial charge on any atom is -0.391 e. The number of aliphatic hydroxyl groups is 3. The Morgan fingerprint density at radius 1 is 1.56 bits per heavy atom. The summed E-state index contributed by atoms with van der Waals surface area (Å²) in [5.41, 5.74) is -2.93. The maximum Gasteiger partial charge on any atom is 0.330 e. The van der Waals surface area contributed by atoms with E-state index in [-0.39, 0.29) is 12.2 Å². The molecule has 0 saturated carbocycles. The fourth-order valence-corrected chi connectivity index (χ4v) is 1.98. The highest BCUT2D eigenvalue weighted by atomic mass is 16.6. The second-order valence-electron chi connectivity index (χ2n) is 4.27. The van der Waals surface area contributed by atoms with Gasteiger partial charge in [-0.15, -0.1) is 0 Å². The summed E-state index contributed by atoms with van der Waals surface area (Å²) in [6.07, 6.45) is -1.50. The number of H-pyrrole nitrogens is 1. The Bertz CT molecular complexity index is 564. The van der Waals surface area contributed by atoms with Crippen LogP contribution >= 0.6 is 0 Å². The first-order valence-corrected chi connectivity index (χ1v) is 5.36. The smallest absolute Gasteiger partial charge is 0.330 e. The molecule has 3 atom stereocenters. The Morgan fingerprint density at radius 3 is 2.72 bits per heavy atom. The minimum absolute atomic E-state index is 0.216. The number of aromatic amines is 1. The lowest BCUT2D eigenvalue weighted by molar-refractivity contribution is -0.154. The van der Waals surface area contributed by atoms with Crippen molar-refractivity contribution in [3.05, 3.63) is 32.6 Å². The standard InChI is InChI=1S/C10H14N2O6/c1-5-2-12(9(17)11-8(5)16)10(4-13)7(15)6(14)3-18-10/h2,6-7,13-15H,3-4H2,1H3,(H,11,16,17)/t6-,7-,10-/m0/s1. The van der Waals surface area contributed by atoms with E-state index < -0.39 is 35.8 Å².